The van der Waals surface area contributed by atoms with Gasteiger partial charge >= 0.3 is 0 Å². The molecule has 0 unspecified atom stereocenters. The maximum Gasteiger partial charge on any atom is 0.248 e. The molecule has 0 bridgehead atoms. The first-order valence-corrected chi connectivity index (χ1v) is 10.6. The van der Waals surface area contributed by atoms with Crippen LogP contribution < -0.4 is 10.9 Å². The Kier molecular flexibility index (Phi) is 5.86. The third-order valence-corrected chi connectivity index (χ3v) is 6.43. The van der Waals surface area contributed by atoms with Crippen LogP contribution in [0.1, 0.15) is 25.3 Å². The van der Waals surface area contributed by atoms with Gasteiger partial charge in [-0.15, -0.1) is 0 Å². The van der Waals surface area contributed by atoms with E-state index >= 15 is 0 Å². The number of nitrogens with one attached hydrogen (secondary N) is 2. The highest BCUT2D eigenvalue weighted by molar-refractivity contribution is 7.89. The van der Waals surface area contributed by atoms with Gasteiger partial charge in [-0.1, -0.05) is 26.0 Å². The Bertz CT molecular complexity index is 1200. The number of H-pyrrole nitrogens is 1. The lowest BCUT2D eigenvalue weighted by Crippen LogP contribution is -2.35. The number of benzene rings is 2. The van der Waals surface area contributed by atoms with Gasteiger partial charge in [0, 0.05) is 24.3 Å². The van der Waals surface area contributed by atoms with Crippen molar-refractivity contribution in [3.63, 3.8) is 0 Å². The van der Waals surface area contributed by atoms with Crippen molar-refractivity contribution >= 4 is 32.5 Å². The topological polar surface area (TPSA) is 99.3 Å². The number of anilines is 1. The van der Waals surface area contributed by atoms with E-state index in [-0.39, 0.29) is 17.0 Å². The fourth-order valence-corrected chi connectivity index (χ4v) is 4.07. The van der Waals surface area contributed by atoms with Crippen molar-refractivity contribution in [2.24, 2.45) is 0 Å². The molecule has 1 heterocycles. The molecule has 3 aromatic rings. The van der Waals surface area contributed by atoms with Crippen LogP contribution in [-0.2, 0) is 14.8 Å². The summed E-state index contributed by atoms with van der Waals surface area (Å²) in [7, 11) is -2.51. The maximum atomic E-state index is 12.8. The predicted molar refractivity (Wildman–Crippen MR) is 114 cm³/mol. The second kappa shape index (κ2) is 8.18. The van der Waals surface area contributed by atoms with E-state index in [1.807, 2.05) is 12.1 Å². The number of nitrogens with zero attached hydrogens (tertiary/aromatic N) is 1. The lowest BCUT2D eigenvalue weighted by atomic mass is 10.0. The summed E-state index contributed by atoms with van der Waals surface area (Å²) in [5.41, 5.74) is 2.05. The lowest BCUT2D eigenvalue weighted by molar-refractivity contribution is -0.116. The van der Waals surface area contributed by atoms with E-state index in [0.717, 1.165) is 9.87 Å². The minimum atomic E-state index is -3.87. The molecule has 0 spiro atoms. The van der Waals surface area contributed by atoms with E-state index in [1.165, 1.54) is 31.3 Å². The number of aromatic amines is 1. The number of pyridine rings is 1. The number of hydrogen-bond donors (Lipinski definition) is 2. The Morgan fingerprint density at radius 3 is 2.41 bits per heavy atom. The Balaban J connectivity index is 1.73. The summed E-state index contributed by atoms with van der Waals surface area (Å²) in [5.74, 6) is -0.0469. The Morgan fingerprint density at radius 2 is 1.76 bits per heavy atom. The van der Waals surface area contributed by atoms with Crippen LogP contribution in [0.3, 0.4) is 0 Å². The molecule has 152 valence electrons. The quantitative estimate of drug-likeness (QED) is 0.649. The Labute approximate surface area is 169 Å². The van der Waals surface area contributed by atoms with E-state index in [4.69, 9.17) is 0 Å². The molecule has 0 saturated heterocycles. The molecule has 0 aliphatic rings. The summed E-state index contributed by atoms with van der Waals surface area (Å²) in [4.78, 5) is 26.4. The van der Waals surface area contributed by atoms with Crippen molar-refractivity contribution in [2.45, 2.75) is 24.7 Å². The number of likely N-dealkylation sites (N-methyl/N-ethyl adjacent to an activating group) is 1. The van der Waals surface area contributed by atoms with Gasteiger partial charge in [0.25, 0.3) is 0 Å². The minimum Gasteiger partial charge on any atom is -0.325 e. The number of amides is 1. The van der Waals surface area contributed by atoms with Crippen LogP contribution in [0.25, 0.3) is 10.9 Å². The molecular formula is C21H23N3O4S. The molecule has 0 saturated carbocycles. The Morgan fingerprint density at radius 1 is 1.07 bits per heavy atom. The van der Waals surface area contributed by atoms with Crippen LogP contribution in [0.15, 0.2) is 64.3 Å². The van der Waals surface area contributed by atoms with Crippen LogP contribution >= 0.6 is 0 Å². The first kappa shape index (κ1) is 20.8. The molecule has 0 atom stereocenters. The summed E-state index contributed by atoms with van der Waals surface area (Å²) in [6.07, 6.45) is 0. The van der Waals surface area contributed by atoms with Crippen molar-refractivity contribution in [1.82, 2.24) is 9.29 Å². The molecule has 1 amide bonds. The molecule has 0 aliphatic heterocycles. The summed E-state index contributed by atoms with van der Waals surface area (Å²) >= 11 is 0. The van der Waals surface area contributed by atoms with E-state index in [9.17, 15) is 18.0 Å². The SMILES string of the molecule is CC(C)c1ccc(NC(=O)CN(C)S(=O)(=O)c2ccc3[nH]c(=O)ccc3c2)cc1. The van der Waals surface area contributed by atoms with Gasteiger partial charge in [-0.25, -0.2) is 8.42 Å². The number of rotatable bonds is 6. The predicted octanol–water partition coefficient (Wildman–Crippen LogP) is 2.91. The van der Waals surface area contributed by atoms with E-state index in [0.29, 0.717) is 22.5 Å². The van der Waals surface area contributed by atoms with Crippen molar-refractivity contribution < 1.29 is 13.2 Å². The van der Waals surface area contributed by atoms with Crippen molar-refractivity contribution in [1.29, 1.82) is 0 Å². The maximum absolute atomic E-state index is 12.8. The molecule has 2 aromatic carbocycles. The van der Waals surface area contributed by atoms with Gasteiger partial charge in [0.15, 0.2) is 0 Å². The number of fused-ring (bicyclic) bond motifs is 1. The zero-order chi connectivity index (χ0) is 21.2. The number of sulfonamides is 1. The molecule has 1 aromatic heterocycles. The standard InChI is InChI=1S/C21H23N3O4S/c1-14(2)15-4-7-17(8-5-15)22-21(26)13-24(3)29(27,28)18-9-10-19-16(12-18)6-11-20(25)23-19/h4-12,14H,13H2,1-3H3,(H,22,26)(H,23,25). The third kappa shape index (κ3) is 4.72. The molecular weight excluding hydrogens is 390 g/mol. The van der Waals surface area contributed by atoms with Gasteiger partial charge < -0.3 is 10.3 Å². The van der Waals surface area contributed by atoms with E-state index in [1.54, 1.807) is 18.2 Å². The smallest absolute Gasteiger partial charge is 0.248 e. The van der Waals surface area contributed by atoms with Crippen LogP contribution in [0.4, 0.5) is 5.69 Å². The molecule has 7 nitrogen and oxygen atoms in total. The zero-order valence-electron chi connectivity index (χ0n) is 16.5. The molecule has 0 fully saturated rings. The van der Waals surface area contributed by atoms with E-state index < -0.39 is 15.9 Å². The van der Waals surface area contributed by atoms with Crippen LogP contribution in [0.2, 0.25) is 0 Å². The molecule has 3 rings (SSSR count). The largest absolute Gasteiger partial charge is 0.325 e. The zero-order valence-corrected chi connectivity index (χ0v) is 17.3. The van der Waals surface area contributed by atoms with Crippen molar-refractivity contribution in [3.8, 4) is 0 Å². The highest BCUT2D eigenvalue weighted by atomic mass is 32.2. The average Bonchev–Trinajstić information content (AvgIpc) is 2.67. The summed E-state index contributed by atoms with van der Waals surface area (Å²) < 4.78 is 26.6. The monoisotopic (exact) mass is 413 g/mol. The highest BCUT2D eigenvalue weighted by Crippen LogP contribution is 2.20. The van der Waals surface area contributed by atoms with Gasteiger partial charge in [-0.3, -0.25) is 9.59 Å². The number of carbonyl (C=O) groups is 1. The normalized spacial score (nSPS) is 11.9. The molecule has 0 radical (unpaired) electrons. The van der Waals surface area contributed by atoms with Gasteiger partial charge in [0.05, 0.1) is 11.4 Å². The number of aromatic nitrogens is 1. The summed E-state index contributed by atoms with van der Waals surface area (Å²) in [6, 6.07) is 14.8. The van der Waals surface area contributed by atoms with Gasteiger partial charge in [0.1, 0.15) is 0 Å². The van der Waals surface area contributed by atoms with Crippen molar-refractivity contribution in [2.75, 3.05) is 18.9 Å². The number of carbonyl (C=O) groups excluding carboxylic acids is 1. The fraction of sp³-hybridized carbons (Fsp3) is 0.238. The van der Waals surface area contributed by atoms with Gasteiger partial charge in [-0.05, 0) is 53.3 Å². The first-order chi connectivity index (χ1) is 13.7. The highest BCUT2D eigenvalue weighted by Gasteiger charge is 2.23. The van der Waals surface area contributed by atoms with Gasteiger partial charge in [0.2, 0.25) is 21.5 Å². The summed E-state index contributed by atoms with van der Waals surface area (Å²) in [5, 5.41) is 3.31. The van der Waals surface area contributed by atoms with Crippen LogP contribution in [0, 0.1) is 0 Å². The van der Waals surface area contributed by atoms with Crippen LogP contribution in [0.5, 0.6) is 0 Å². The number of hydrogen-bond acceptors (Lipinski definition) is 4. The van der Waals surface area contributed by atoms with E-state index in [2.05, 4.69) is 24.1 Å². The Hall–Kier alpha value is -2.97. The fourth-order valence-electron chi connectivity index (χ4n) is 2.91. The summed E-state index contributed by atoms with van der Waals surface area (Å²) in [6.45, 7) is 3.84. The third-order valence-electron chi connectivity index (χ3n) is 4.63. The molecule has 29 heavy (non-hydrogen) atoms. The molecule has 2 N–H and O–H groups in total. The second-order valence-corrected chi connectivity index (χ2v) is 9.20. The van der Waals surface area contributed by atoms with Gasteiger partial charge in [-0.2, -0.15) is 4.31 Å². The minimum absolute atomic E-state index is 0.0497. The second-order valence-electron chi connectivity index (χ2n) is 7.16. The van der Waals surface area contributed by atoms with Crippen molar-refractivity contribution in [3.05, 3.63) is 70.5 Å². The molecule has 0 aliphatic carbocycles. The lowest BCUT2D eigenvalue weighted by Gasteiger charge is -2.17. The average molecular weight is 413 g/mol. The van der Waals surface area contributed by atoms with Crippen LogP contribution in [-0.4, -0.2) is 37.2 Å². The molecule has 8 heteroatoms. The first-order valence-electron chi connectivity index (χ1n) is 9.16.